The number of anilines is 1. The van der Waals surface area contributed by atoms with Crippen LogP contribution in [0.15, 0.2) is 56.8 Å². The predicted molar refractivity (Wildman–Crippen MR) is 110 cm³/mol. The van der Waals surface area contributed by atoms with Crippen LogP contribution in [-0.4, -0.2) is 33.6 Å². The highest BCUT2D eigenvalue weighted by Gasteiger charge is 2.29. The van der Waals surface area contributed by atoms with Gasteiger partial charge in [-0.25, -0.2) is 18.3 Å². The van der Waals surface area contributed by atoms with E-state index >= 15 is 0 Å². The van der Waals surface area contributed by atoms with Crippen LogP contribution in [-0.2, 0) is 20.2 Å². The largest absolute Gasteiger partial charge is 0.504 e. The van der Waals surface area contributed by atoms with E-state index in [1.54, 1.807) is 6.92 Å². The zero-order valence-corrected chi connectivity index (χ0v) is 17.3. The number of hydrogen-bond donors (Lipinski definition) is 4. The fraction of sp³-hybridized carbons (Fsp3) is 0.125. The number of benzene rings is 2. The van der Waals surface area contributed by atoms with Crippen molar-refractivity contribution < 1.29 is 21.9 Å². The summed E-state index contributed by atoms with van der Waals surface area (Å²) in [7, 11) is -8.40. The van der Waals surface area contributed by atoms with Gasteiger partial charge in [-0.1, -0.05) is 41.9 Å². The van der Waals surface area contributed by atoms with Crippen LogP contribution in [0.5, 0.6) is 5.75 Å². The summed E-state index contributed by atoms with van der Waals surface area (Å²) in [6, 6.07) is 11.1. The summed E-state index contributed by atoms with van der Waals surface area (Å²) in [5, 5.41) is 17.6. The molecule has 0 spiro atoms. The molecule has 1 aliphatic rings. The van der Waals surface area contributed by atoms with Crippen LogP contribution >= 0.6 is 11.6 Å². The van der Waals surface area contributed by atoms with Crippen molar-refractivity contribution in [3.8, 4) is 5.75 Å². The van der Waals surface area contributed by atoms with Crippen LogP contribution in [0.4, 0.5) is 5.69 Å². The summed E-state index contributed by atoms with van der Waals surface area (Å²) in [6.45, 7) is 1.76. The standard InChI is InChI=1S/C16H16ClN5O5S2/c1-9(10-5-3-2-4-6-10)19-15-16(22-29(26,27)21-15)20-12-8-7-11(17)14(13(12)23)28(18,24)25/h2-9,23H,1H3,(H,19,21)(H,20,22)(H2,18,24,25)/t9-/m1/s1. The Labute approximate surface area is 172 Å². The van der Waals surface area contributed by atoms with E-state index in [4.69, 9.17) is 16.7 Å². The second-order valence-corrected chi connectivity index (χ2v) is 9.27. The maximum absolute atomic E-state index is 11.9. The van der Waals surface area contributed by atoms with Crippen molar-refractivity contribution >= 4 is 49.2 Å². The number of hydrogen-bond acceptors (Lipinski definition) is 7. The molecule has 2 aromatic carbocycles. The highest BCUT2D eigenvalue weighted by Crippen LogP contribution is 2.36. The first-order valence-corrected chi connectivity index (χ1v) is 11.4. The monoisotopic (exact) mass is 457 g/mol. The third-order valence-electron chi connectivity index (χ3n) is 3.89. The van der Waals surface area contributed by atoms with E-state index < -0.39 is 36.9 Å². The van der Waals surface area contributed by atoms with Gasteiger partial charge in [-0.15, -0.1) is 4.40 Å². The Morgan fingerprint density at radius 1 is 1.24 bits per heavy atom. The molecule has 5 N–H and O–H groups in total. The van der Waals surface area contributed by atoms with Crippen LogP contribution in [0.1, 0.15) is 18.5 Å². The zero-order valence-electron chi connectivity index (χ0n) is 14.9. The molecule has 0 amide bonds. The molecular formula is C16H16ClN5O5S2. The Morgan fingerprint density at radius 3 is 2.52 bits per heavy atom. The van der Waals surface area contributed by atoms with E-state index in [1.807, 2.05) is 30.3 Å². The second-order valence-electron chi connectivity index (χ2n) is 6.02. The van der Waals surface area contributed by atoms with Gasteiger partial charge in [0.15, 0.2) is 17.4 Å². The molecule has 0 fully saturated rings. The minimum Gasteiger partial charge on any atom is -0.504 e. The molecule has 0 bridgehead atoms. The highest BCUT2D eigenvalue weighted by molar-refractivity contribution is 7.90. The molecule has 13 heteroatoms. The number of amidine groups is 2. The van der Waals surface area contributed by atoms with Gasteiger partial charge in [0.05, 0.1) is 16.8 Å². The van der Waals surface area contributed by atoms with Crippen molar-refractivity contribution in [2.45, 2.75) is 17.9 Å². The van der Waals surface area contributed by atoms with Crippen LogP contribution < -0.4 is 15.2 Å². The molecule has 0 aliphatic carbocycles. The molecule has 10 nitrogen and oxygen atoms in total. The number of primary sulfonamides is 1. The van der Waals surface area contributed by atoms with E-state index in [0.717, 1.165) is 5.56 Å². The van der Waals surface area contributed by atoms with Crippen molar-refractivity contribution in [3.63, 3.8) is 0 Å². The summed E-state index contributed by atoms with van der Waals surface area (Å²) >= 11 is 5.80. The number of nitrogens with two attached hydrogens (primary N) is 1. The Bertz CT molecular complexity index is 1230. The van der Waals surface area contributed by atoms with Crippen molar-refractivity contribution in [2.75, 3.05) is 5.32 Å². The van der Waals surface area contributed by atoms with Crippen LogP contribution in [0.3, 0.4) is 0 Å². The van der Waals surface area contributed by atoms with Gasteiger partial charge in [-0.05, 0) is 24.6 Å². The number of phenols is 1. The Hall–Kier alpha value is -2.67. The number of halogens is 1. The lowest BCUT2D eigenvalue weighted by Crippen LogP contribution is -2.31. The van der Waals surface area contributed by atoms with Crippen molar-refractivity contribution in [1.29, 1.82) is 0 Å². The molecule has 0 saturated carbocycles. The number of rotatable bonds is 4. The van der Waals surface area contributed by atoms with Crippen LogP contribution in [0.2, 0.25) is 5.02 Å². The van der Waals surface area contributed by atoms with Gasteiger partial charge in [0.25, 0.3) is 0 Å². The third-order valence-corrected chi connectivity index (χ3v) is 6.17. The average Bonchev–Trinajstić information content (AvgIpc) is 2.90. The van der Waals surface area contributed by atoms with Gasteiger partial charge >= 0.3 is 10.2 Å². The fourth-order valence-corrected chi connectivity index (χ4v) is 4.58. The number of aliphatic imine (C=N–C) groups is 1. The van der Waals surface area contributed by atoms with E-state index in [-0.39, 0.29) is 22.4 Å². The van der Waals surface area contributed by atoms with Crippen molar-refractivity contribution in [3.05, 3.63) is 53.1 Å². The minimum absolute atomic E-state index is 0.104. The van der Waals surface area contributed by atoms with Gasteiger partial charge in [-0.3, -0.25) is 4.99 Å². The van der Waals surface area contributed by atoms with E-state index in [2.05, 4.69) is 19.4 Å². The molecule has 1 aliphatic heterocycles. The number of nitrogens with one attached hydrogen (secondary N) is 2. The Kier molecular flexibility index (Phi) is 5.54. The summed E-state index contributed by atoms with van der Waals surface area (Å²) in [5.41, 5.74) is 0.660. The molecular weight excluding hydrogens is 442 g/mol. The molecule has 0 unspecified atom stereocenters. The molecule has 3 rings (SSSR count). The fourth-order valence-electron chi connectivity index (χ4n) is 2.57. The SMILES string of the molecule is C[C@@H](N=C1NS(=O)(=O)N=C1Nc1ccc(Cl)c(S(N)(=O)=O)c1O)c1ccccc1. The zero-order chi connectivity index (χ0) is 21.4. The Balaban J connectivity index is 2.00. The molecule has 154 valence electrons. The average molecular weight is 458 g/mol. The second kappa shape index (κ2) is 7.63. The van der Waals surface area contributed by atoms with E-state index in [0.29, 0.717) is 0 Å². The van der Waals surface area contributed by atoms with Gasteiger partial charge in [0.1, 0.15) is 4.90 Å². The van der Waals surface area contributed by atoms with Gasteiger partial charge in [0, 0.05) is 0 Å². The molecule has 2 aromatic rings. The molecule has 0 saturated heterocycles. The lowest BCUT2D eigenvalue weighted by molar-refractivity contribution is 0.461. The Morgan fingerprint density at radius 2 is 1.90 bits per heavy atom. The van der Waals surface area contributed by atoms with Crippen LogP contribution in [0, 0.1) is 0 Å². The van der Waals surface area contributed by atoms with Crippen molar-refractivity contribution in [2.24, 2.45) is 14.5 Å². The normalized spacial score (nSPS) is 18.2. The maximum Gasteiger partial charge on any atom is 0.345 e. The summed E-state index contributed by atoms with van der Waals surface area (Å²) < 4.78 is 52.9. The quantitative estimate of drug-likeness (QED) is 0.508. The molecule has 0 radical (unpaired) electrons. The summed E-state index contributed by atoms with van der Waals surface area (Å²) in [4.78, 5) is 3.62. The maximum atomic E-state index is 11.9. The van der Waals surface area contributed by atoms with E-state index in [9.17, 15) is 21.9 Å². The number of sulfonamides is 1. The van der Waals surface area contributed by atoms with Crippen LogP contribution in [0.25, 0.3) is 0 Å². The summed E-state index contributed by atoms with van der Waals surface area (Å²) in [5.74, 6) is -1.11. The molecule has 1 atom stereocenters. The number of aromatic hydroxyl groups is 1. The highest BCUT2D eigenvalue weighted by atomic mass is 35.5. The molecule has 0 aromatic heterocycles. The smallest absolute Gasteiger partial charge is 0.345 e. The van der Waals surface area contributed by atoms with E-state index in [1.165, 1.54) is 12.1 Å². The number of phenolic OH excluding ortho intramolecular Hbond substituents is 1. The van der Waals surface area contributed by atoms with Gasteiger partial charge in [0.2, 0.25) is 10.0 Å². The topological polar surface area (TPSA) is 163 Å². The minimum atomic E-state index is -4.34. The first kappa shape index (κ1) is 21.0. The summed E-state index contributed by atoms with van der Waals surface area (Å²) in [6.07, 6.45) is 0. The lowest BCUT2D eigenvalue weighted by Gasteiger charge is -2.13. The molecule has 29 heavy (non-hydrogen) atoms. The van der Waals surface area contributed by atoms with Crippen molar-refractivity contribution in [1.82, 2.24) is 4.72 Å². The molecule has 1 heterocycles. The first-order valence-electron chi connectivity index (χ1n) is 8.05. The van der Waals surface area contributed by atoms with Gasteiger partial charge < -0.3 is 10.4 Å². The lowest BCUT2D eigenvalue weighted by atomic mass is 10.1. The first-order chi connectivity index (χ1) is 13.5. The predicted octanol–water partition coefficient (Wildman–Crippen LogP) is 1.51. The van der Waals surface area contributed by atoms with Gasteiger partial charge in [-0.2, -0.15) is 8.42 Å². The number of nitrogens with zero attached hydrogens (tertiary/aromatic N) is 2. The third kappa shape index (κ3) is 4.67.